The van der Waals surface area contributed by atoms with Crippen molar-refractivity contribution in [3.63, 3.8) is 0 Å². The molecule has 0 spiro atoms. The number of aromatic nitrogens is 2. The molecule has 0 atom stereocenters. The first-order chi connectivity index (χ1) is 9.35. The van der Waals surface area contributed by atoms with E-state index in [9.17, 15) is 8.42 Å². The van der Waals surface area contributed by atoms with Gasteiger partial charge in [-0.25, -0.2) is 8.42 Å². The van der Waals surface area contributed by atoms with Crippen LogP contribution < -0.4 is 10.5 Å². The summed E-state index contributed by atoms with van der Waals surface area (Å²) in [4.78, 5) is -0.0675. The molecule has 1 heterocycles. The highest BCUT2D eigenvalue weighted by Crippen LogP contribution is 2.24. The molecule has 20 heavy (non-hydrogen) atoms. The van der Waals surface area contributed by atoms with Gasteiger partial charge in [0.25, 0.3) is 10.0 Å². The molecule has 7 nitrogen and oxygen atoms in total. The van der Waals surface area contributed by atoms with Gasteiger partial charge in [0.1, 0.15) is 6.07 Å². The third-order valence-electron chi connectivity index (χ3n) is 2.57. The number of nitrogens with zero attached hydrogens (tertiary/aromatic N) is 3. The predicted molar refractivity (Wildman–Crippen MR) is 74.6 cm³/mol. The van der Waals surface area contributed by atoms with E-state index in [0.717, 1.165) is 0 Å². The third-order valence-corrected chi connectivity index (χ3v) is 4.22. The number of aryl methyl sites for hydroxylation is 1. The maximum atomic E-state index is 12.2. The van der Waals surface area contributed by atoms with E-state index in [1.165, 1.54) is 29.1 Å². The quantitative estimate of drug-likeness (QED) is 0.887. The number of rotatable bonds is 3. The lowest BCUT2D eigenvalue weighted by Gasteiger charge is -2.09. The number of benzene rings is 1. The number of nitrogens with one attached hydrogen (secondary N) is 1. The predicted octanol–water partition coefficient (Wildman–Crippen LogP) is 1.33. The van der Waals surface area contributed by atoms with E-state index in [-0.39, 0.29) is 27.0 Å². The second kappa shape index (κ2) is 5.03. The first-order valence-corrected chi connectivity index (χ1v) is 7.21. The summed E-state index contributed by atoms with van der Waals surface area (Å²) in [6.07, 6.45) is 1.34. The monoisotopic (exact) mass is 311 g/mol. The van der Waals surface area contributed by atoms with Crippen molar-refractivity contribution >= 4 is 33.1 Å². The fraction of sp³-hybridized carbons (Fsp3) is 0.0909. The largest absolute Gasteiger partial charge is 0.394 e. The van der Waals surface area contributed by atoms with E-state index in [4.69, 9.17) is 22.6 Å². The molecule has 2 rings (SSSR count). The summed E-state index contributed by atoms with van der Waals surface area (Å²) in [5, 5.41) is 12.7. The van der Waals surface area contributed by atoms with Crippen molar-refractivity contribution < 1.29 is 8.42 Å². The van der Waals surface area contributed by atoms with Gasteiger partial charge in [0.05, 0.1) is 27.4 Å². The van der Waals surface area contributed by atoms with Gasteiger partial charge in [-0.1, -0.05) is 11.6 Å². The van der Waals surface area contributed by atoms with Gasteiger partial charge in [0, 0.05) is 7.05 Å². The van der Waals surface area contributed by atoms with Gasteiger partial charge in [0.15, 0.2) is 5.82 Å². The van der Waals surface area contributed by atoms with Crippen molar-refractivity contribution in [2.45, 2.75) is 4.90 Å². The Hall–Kier alpha value is -2.24. The molecule has 0 fully saturated rings. The minimum atomic E-state index is -3.86. The van der Waals surface area contributed by atoms with Crippen LogP contribution in [0.2, 0.25) is 5.02 Å². The number of hydrogen-bond acceptors (Lipinski definition) is 5. The van der Waals surface area contributed by atoms with Crippen LogP contribution in [0.3, 0.4) is 0 Å². The fourth-order valence-corrected chi connectivity index (χ4v) is 2.95. The van der Waals surface area contributed by atoms with Gasteiger partial charge in [-0.05, 0) is 18.2 Å². The van der Waals surface area contributed by atoms with E-state index < -0.39 is 10.0 Å². The molecule has 9 heteroatoms. The van der Waals surface area contributed by atoms with Crippen LogP contribution in [0, 0.1) is 11.3 Å². The average Bonchev–Trinajstić information content (AvgIpc) is 2.70. The Morgan fingerprint density at radius 2 is 2.20 bits per heavy atom. The number of nitrogens with two attached hydrogens (primary N) is 1. The van der Waals surface area contributed by atoms with E-state index in [2.05, 4.69) is 9.82 Å². The molecule has 0 radical (unpaired) electrons. The standard InChI is InChI=1S/C11H10ClN5O2S/c1-17-11(10(14)6-15-17)16-20(18,19)8-3-2-7(5-13)9(12)4-8/h2-4,6,16H,14H2,1H3. The highest BCUT2D eigenvalue weighted by atomic mass is 35.5. The minimum Gasteiger partial charge on any atom is -0.394 e. The maximum Gasteiger partial charge on any atom is 0.263 e. The number of nitriles is 1. The summed E-state index contributed by atoms with van der Waals surface area (Å²) >= 11 is 5.82. The lowest BCUT2D eigenvalue weighted by atomic mass is 10.2. The number of anilines is 2. The summed E-state index contributed by atoms with van der Waals surface area (Å²) in [6.45, 7) is 0. The lowest BCUT2D eigenvalue weighted by Crippen LogP contribution is -2.16. The van der Waals surface area contributed by atoms with Gasteiger partial charge in [-0.2, -0.15) is 10.4 Å². The molecular weight excluding hydrogens is 302 g/mol. The van der Waals surface area contributed by atoms with Gasteiger partial charge < -0.3 is 5.73 Å². The number of sulfonamides is 1. The summed E-state index contributed by atoms with van der Waals surface area (Å²) in [6, 6.07) is 5.69. The first-order valence-electron chi connectivity index (χ1n) is 5.35. The molecule has 0 saturated heterocycles. The minimum absolute atomic E-state index is 0.0633. The SMILES string of the molecule is Cn1ncc(N)c1NS(=O)(=O)c1ccc(C#N)c(Cl)c1. The molecule has 0 aliphatic heterocycles. The summed E-state index contributed by atoms with van der Waals surface area (Å²) in [7, 11) is -2.30. The molecule has 2 aromatic rings. The Bertz CT molecular complexity index is 787. The molecule has 3 N–H and O–H groups in total. The molecule has 0 unspecified atom stereocenters. The first kappa shape index (κ1) is 14.2. The average molecular weight is 312 g/mol. The number of halogens is 1. The molecule has 0 amide bonds. The van der Waals surface area contributed by atoms with Crippen molar-refractivity contribution in [3.05, 3.63) is 35.0 Å². The van der Waals surface area contributed by atoms with Crippen LogP contribution in [-0.4, -0.2) is 18.2 Å². The van der Waals surface area contributed by atoms with Crippen LogP contribution in [0.4, 0.5) is 11.5 Å². The van der Waals surface area contributed by atoms with Crippen LogP contribution in [-0.2, 0) is 17.1 Å². The van der Waals surface area contributed by atoms with Gasteiger partial charge >= 0.3 is 0 Å². The Kier molecular flexibility index (Phi) is 3.57. The van der Waals surface area contributed by atoms with Crippen LogP contribution in [0.15, 0.2) is 29.3 Å². The Labute approximate surface area is 120 Å². The zero-order valence-electron chi connectivity index (χ0n) is 10.3. The summed E-state index contributed by atoms with van der Waals surface area (Å²) in [5.41, 5.74) is 6.03. The molecule has 1 aromatic carbocycles. The number of hydrogen-bond donors (Lipinski definition) is 2. The Morgan fingerprint density at radius 3 is 2.70 bits per heavy atom. The van der Waals surface area contributed by atoms with Gasteiger partial charge in [-0.3, -0.25) is 9.40 Å². The van der Waals surface area contributed by atoms with Crippen LogP contribution >= 0.6 is 11.6 Å². The van der Waals surface area contributed by atoms with Gasteiger partial charge in [-0.15, -0.1) is 0 Å². The van der Waals surface area contributed by atoms with E-state index in [0.29, 0.717) is 0 Å². The van der Waals surface area contributed by atoms with Crippen LogP contribution in [0.5, 0.6) is 0 Å². The smallest absolute Gasteiger partial charge is 0.263 e. The Balaban J connectivity index is 2.42. The molecule has 0 saturated carbocycles. The fourth-order valence-electron chi connectivity index (χ4n) is 1.52. The van der Waals surface area contributed by atoms with Crippen molar-refractivity contribution in [1.82, 2.24) is 9.78 Å². The topological polar surface area (TPSA) is 114 Å². The van der Waals surface area contributed by atoms with Crippen molar-refractivity contribution in [3.8, 4) is 6.07 Å². The molecule has 0 aliphatic rings. The van der Waals surface area contributed by atoms with Crippen molar-refractivity contribution in [1.29, 1.82) is 5.26 Å². The van der Waals surface area contributed by atoms with E-state index >= 15 is 0 Å². The lowest BCUT2D eigenvalue weighted by molar-refractivity contribution is 0.600. The highest BCUT2D eigenvalue weighted by molar-refractivity contribution is 7.92. The molecule has 0 aliphatic carbocycles. The van der Waals surface area contributed by atoms with E-state index in [1.807, 2.05) is 6.07 Å². The molecule has 1 aromatic heterocycles. The highest BCUT2D eigenvalue weighted by Gasteiger charge is 2.19. The zero-order chi connectivity index (χ0) is 14.9. The van der Waals surface area contributed by atoms with Crippen molar-refractivity contribution in [2.75, 3.05) is 10.5 Å². The Morgan fingerprint density at radius 1 is 1.50 bits per heavy atom. The second-order valence-electron chi connectivity index (χ2n) is 3.93. The molecule has 104 valence electrons. The molecule has 0 bridgehead atoms. The summed E-state index contributed by atoms with van der Waals surface area (Å²) in [5.74, 6) is 0.158. The van der Waals surface area contributed by atoms with Crippen LogP contribution in [0.25, 0.3) is 0 Å². The zero-order valence-corrected chi connectivity index (χ0v) is 11.9. The van der Waals surface area contributed by atoms with E-state index in [1.54, 1.807) is 7.05 Å². The van der Waals surface area contributed by atoms with Crippen molar-refractivity contribution in [2.24, 2.45) is 7.05 Å². The van der Waals surface area contributed by atoms with Crippen LogP contribution in [0.1, 0.15) is 5.56 Å². The maximum absolute atomic E-state index is 12.2. The van der Waals surface area contributed by atoms with Gasteiger partial charge in [0.2, 0.25) is 0 Å². The third kappa shape index (κ3) is 2.54. The number of nitrogen functional groups attached to an aromatic ring is 1. The normalized spacial score (nSPS) is 11.1. The summed E-state index contributed by atoms with van der Waals surface area (Å²) < 4.78 is 28.0. The molecular formula is C11H10ClN5O2S. The second-order valence-corrected chi connectivity index (χ2v) is 6.02.